The molecule has 1 aromatic rings. The molecule has 0 radical (unpaired) electrons. The van der Waals surface area contributed by atoms with E-state index in [-0.39, 0.29) is 11.8 Å². The van der Waals surface area contributed by atoms with Crippen LogP contribution in [0.3, 0.4) is 0 Å². The molecule has 0 saturated carbocycles. The lowest BCUT2D eigenvalue weighted by Gasteiger charge is -1.95. The highest BCUT2D eigenvalue weighted by Gasteiger charge is 2.06. The van der Waals surface area contributed by atoms with Gasteiger partial charge in [0.1, 0.15) is 0 Å². The molecule has 1 rings (SSSR count). The van der Waals surface area contributed by atoms with Gasteiger partial charge in [-0.05, 0) is 19.0 Å². The molecule has 11 heavy (non-hydrogen) atoms. The Morgan fingerprint density at radius 3 is 2.27 bits per heavy atom. The molecule has 1 N–H and O–H groups in total. The Labute approximate surface area is 66.8 Å². The quantitative estimate of drug-likeness (QED) is 0.650. The Morgan fingerprint density at radius 1 is 1.36 bits per heavy atom. The van der Waals surface area contributed by atoms with Crippen molar-refractivity contribution in [2.45, 2.75) is 11.8 Å². The predicted octanol–water partition coefficient (Wildman–Crippen LogP) is 1.24. The van der Waals surface area contributed by atoms with Crippen LogP contribution in [-0.4, -0.2) is 13.0 Å². The van der Waals surface area contributed by atoms with Crippen molar-refractivity contribution >= 4 is 10.1 Å². The first-order valence-electron chi connectivity index (χ1n) is 3.60. The lowest BCUT2D eigenvalue weighted by Crippen LogP contribution is -1.96. The van der Waals surface area contributed by atoms with Crippen molar-refractivity contribution in [2.75, 3.05) is 0 Å². The van der Waals surface area contributed by atoms with Crippen LogP contribution in [-0.2, 0) is 10.1 Å². The summed E-state index contributed by atoms with van der Waals surface area (Å²) in [7, 11) is -4.09. The maximum Gasteiger partial charge on any atom is 0.294 e. The highest BCUT2D eigenvalue weighted by Crippen LogP contribution is 2.08. The van der Waals surface area contributed by atoms with E-state index in [1.54, 1.807) is 0 Å². The molecule has 0 saturated heterocycles. The molecule has 1 aromatic carbocycles. The Bertz CT molecular complexity index is 355. The number of rotatable bonds is 1. The zero-order valence-electron chi connectivity index (χ0n) is 6.69. The molecule has 0 aliphatic rings. The maximum atomic E-state index is 10.5. The summed E-state index contributed by atoms with van der Waals surface area (Å²) in [5, 5.41) is 0. The van der Waals surface area contributed by atoms with E-state index >= 15 is 0 Å². The largest absolute Gasteiger partial charge is 0.294 e. The molecule has 0 aromatic heterocycles. The highest BCUT2D eigenvalue weighted by molar-refractivity contribution is 7.85. The molecule has 3 nitrogen and oxygen atoms in total. The van der Waals surface area contributed by atoms with Gasteiger partial charge in [-0.2, -0.15) is 8.42 Å². The summed E-state index contributed by atoms with van der Waals surface area (Å²) < 4.78 is 36.6. The summed E-state index contributed by atoms with van der Waals surface area (Å²) in [6.45, 7) is 0.103. The minimum atomic E-state index is -4.09. The Hall–Kier alpha value is -0.870. The fourth-order valence-corrected chi connectivity index (χ4v) is 1.14. The van der Waals surface area contributed by atoms with Crippen molar-refractivity contribution in [1.82, 2.24) is 0 Å². The molecule has 0 aliphatic carbocycles. The average molecular weight is 173 g/mol. The molecule has 0 bridgehead atoms. The zero-order chi connectivity index (χ0) is 9.19. The van der Waals surface area contributed by atoms with Crippen LogP contribution in [0.2, 0.25) is 0 Å². The van der Waals surface area contributed by atoms with Crippen LogP contribution in [0, 0.1) is 6.90 Å². The fourth-order valence-electron chi connectivity index (χ4n) is 0.661. The molecule has 0 unspecified atom stereocenters. The minimum Gasteiger partial charge on any atom is -0.282 e. The van der Waals surface area contributed by atoms with Gasteiger partial charge in [0.2, 0.25) is 0 Å². The SMILES string of the molecule is [2H]Cc1ccc(S(=O)(=O)O)cc1. The number of hydrogen-bond donors (Lipinski definition) is 1. The van der Waals surface area contributed by atoms with E-state index in [1.807, 2.05) is 0 Å². The summed E-state index contributed by atoms with van der Waals surface area (Å²) in [4.78, 5) is -0.139. The first-order valence-corrected chi connectivity index (χ1v) is 4.34. The molecular weight excluding hydrogens is 164 g/mol. The van der Waals surface area contributed by atoms with Gasteiger partial charge < -0.3 is 0 Å². The van der Waals surface area contributed by atoms with Gasteiger partial charge >= 0.3 is 0 Å². The van der Waals surface area contributed by atoms with E-state index in [2.05, 4.69) is 0 Å². The lowest BCUT2D eigenvalue weighted by molar-refractivity contribution is 0.483. The predicted molar refractivity (Wildman–Crippen MR) is 41.0 cm³/mol. The van der Waals surface area contributed by atoms with Gasteiger partial charge in [0.15, 0.2) is 0 Å². The molecule has 0 spiro atoms. The first kappa shape index (κ1) is 6.82. The van der Waals surface area contributed by atoms with E-state index in [1.165, 1.54) is 24.3 Å². The van der Waals surface area contributed by atoms with Crippen LogP contribution in [0.15, 0.2) is 29.2 Å². The van der Waals surface area contributed by atoms with Crippen LogP contribution in [0.25, 0.3) is 0 Å². The molecule has 0 atom stereocenters. The summed E-state index contributed by atoms with van der Waals surface area (Å²) in [5.74, 6) is 0. The van der Waals surface area contributed by atoms with Gasteiger partial charge in [-0.1, -0.05) is 17.7 Å². The van der Waals surface area contributed by atoms with Crippen LogP contribution < -0.4 is 0 Å². The van der Waals surface area contributed by atoms with Gasteiger partial charge in [-0.25, -0.2) is 0 Å². The van der Waals surface area contributed by atoms with E-state index in [9.17, 15) is 8.42 Å². The molecule has 4 heteroatoms. The van der Waals surface area contributed by atoms with E-state index in [0.29, 0.717) is 5.56 Å². The Morgan fingerprint density at radius 2 is 1.91 bits per heavy atom. The van der Waals surface area contributed by atoms with E-state index in [4.69, 9.17) is 5.92 Å². The van der Waals surface area contributed by atoms with E-state index in [0.717, 1.165) is 0 Å². The number of benzene rings is 1. The topological polar surface area (TPSA) is 54.4 Å². The molecule has 0 heterocycles. The van der Waals surface area contributed by atoms with Crippen molar-refractivity contribution < 1.29 is 14.3 Å². The fraction of sp³-hybridized carbons (Fsp3) is 0.143. The van der Waals surface area contributed by atoms with Gasteiger partial charge in [-0.3, -0.25) is 4.55 Å². The monoisotopic (exact) mass is 173 g/mol. The first-order chi connectivity index (χ1) is 5.54. The van der Waals surface area contributed by atoms with Crippen LogP contribution in [0.5, 0.6) is 0 Å². The summed E-state index contributed by atoms with van der Waals surface area (Å²) in [6.07, 6.45) is 0. The second kappa shape index (κ2) is 2.64. The van der Waals surface area contributed by atoms with Crippen LogP contribution in [0.4, 0.5) is 0 Å². The molecule has 0 aliphatic heterocycles. The summed E-state index contributed by atoms with van der Waals surface area (Å²) in [5.41, 5.74) is 0.711. The molecule has 60 valence electrons. The Balaban J connectivity index is 3.09. The van der Waals surface area contributed by atoms with Gasteiger partial charge in [0.05, 0.1) is 4.90 Å². The third-order valence-corrected chi connectivity index (χ3v) is 2.09. The smallest absolute Gasteiger partial charge is 0.282 e. The van der Waals surface area contributed by atoms with Crippen molar-refractivity contribution in [2.24, 2.45) is 0 Å². The number of hydrogen-bond acceptors (Lipinski definition) is 2. The second-order valence-electron chi connectivity index (χ2n) is 2.12. The second-order valence-corrected chi connectivity index (χ2v) is 3.54. The molecule has 0 amide bonds. The number of aryl methyl sites for hydroxylation is 1. The normalized spacial score (nSPS) is 12.6. The van der Waals surface area contributed by atoms with Crippen molar-refractivity contribution in [3.8, 4) is 0 Å². The highest BCUT2D eigenvalue weighted by atomic mass is 32.2. The van der Waals surface area contributed by atoms with E-state index < -0.39 is 10.1 Å². The third-order valence-electron chi connectivity index (χ3n) is 1.22. The Kier molecular flexibility index (Phi) is 1.63. The van der Waals surface area contributed by atoms with Gasteiger partial charge in [0, 0.05) is 1.37 Å². The van der Waals surface area contributed by atoms with Gasteiger partial charge in [0.25, 0.3) is 10.1 Å². The van der Waals surface area contributed by atoms with Crippen molar-refractivity contribution in [3.05, 3.63) is 29.8 Å². The molecule has 0 fully saturated rings. The standard InChI is InChI=1S/C7H8O3S/c1-6-2-4-7(5-3-6)11(8,9)10/h2-5H,1H3,(H,8,9,10)/i1D. The molecular formula is C7H8O3S. The van der Waals surface area contributed by atoms with Crippen LogP contribution >= 0.6 is 0 Å². The van der Waals surface area contributed by atoms with Gasteiger partial charge in [-0.15, -0.1) is 0 Å². The summed E-state index contributed by atoms with van der Waals surface area (Å²) in [6, 6.07) is 5.55. The zero-order valence-corrected chi connectivity index (χ0v) is 6.50. The maximum absolute atomic E-state index is 10.5. The third kappa shape index (κ3) is 2.03. The summed E-state index contributed by atoms with van der Waals surface area (Å²) >= 11 is 0. The minimum absolute atomic E-state index is 0.103. The lowest BCUT2D eigenvalue weighted by atomic mass is 10.2. The average Bonchev–Trinajstić information content (AvgIpc) is 2.03. The van der Waals surface area contributed by atoms with Crippen molar-refractivity contribution in [1.29, 1.82) is 0 Å². The van der Waals surface area contributed by atoms with Crippen molar-refractivity contribution in [3.63, 3.8) is 0 Å². The van der Waals surface area contributed by atoms with Crippen LogP contribution in [0.1, 0.15) is 6.93 Å².